The van der Waals surface area contributed by atoms with Crippen molar-refractivity contribution in [2.24, 2.45) is 0 Å². The molecule has 0 aliphatic heterocycles. The molecule has 1 heterocycles. The van der Waals surface area contributed by atoms with Crippen LogP contribution in [-0.2, 0) is 0 Å². The largest absolute Gasteiger partial charge is 0.310 e. The third-order valence-corrected chi connectivity index (χ3v) is 13.1. The van der Waals surface area contributed by atoms with Crippen LogP contribution in [-0.4, -0.2) is 4.57 Å². The van der Waals surface area contributed by atoms with Crippen LogP contribution in [0.3, 0.4) is 0 Å². The fourth-order valence-electron chi connectivity index (χ4n) is 10.2. The number of hydrogen-bond donors (Lipinski definition) is 0. The highest BCUT2D eigenvalue weighted by molar-refractivity contribution is 6.31. The minimum Gasteiger partial charge on any atom is -0.310 e. The molecule has 62 heavy (non-hydrogen) atoms. The van der Waals surface area contributed by atoms with E-state index < -0.39 is 0 Å². The molecule has 0 radical (unpaired) electrons. The van der Waals surface area contributed by atoms with Gasteiger partial charge in [0.05, 0.1) is 16.7 Å². The maximum Gasteiger partial charge on any atom is 0.0547 e. The lowest BCUT2D eigenvalue weighted by atomic mass is 9.91. The lowest BCUT2D eigenvalue weighted by Gasteiger charge is -2.28. The molecular weight excluding hydrogens is 749 g/mol. The van der Waals surface area contributed by atoms with Gasteiger partial charge in [-0.25, -0.2) is 0 Å². The summed E-state index contributed by atoms with van der Waals surface area (Å²) in [7, 11) is 0. The Labute approximate surface area is 358 Å². The second-order valence-corrected chi connectivity index (χ2v) is 16.5. The van der Waals surface area contributed by atoms with Crippen LogP contribution < -0.4 is 4.90 Å². The van der Waals surface area contributed by atoms with Crippen molar-refractivity contribution in [3.8, 4) is 16.8 Å². The number of aromatic nitrogens is 1. The Hall–Kier alpha value is -8.20. The number of nitrogens with zero attached hydrogens (tertiary/aromatic N) is 2. The first-order valence-corrected chi connectivity index (χ1v) is 21.4. The summed E-state index contributed by atoms with van der Waals surface area (Å²) in [5.74, 6) is 0. The molecule has 2 heteroatoms. The van der Waals surface area contributed by atoms with Crippen LogP contribution >= 0.6 is 0 Å². The average molecular weight is 787 g/mol. The van der Waals surface area contributed by atoms with Gasteiger partial charge < -0.3 is 9.47 Å². The van der Waals surface area contributed by atoms with E-state index in [1.807, 2.05) is 0 Å². The molecule has 12 aromatic carbocycles. The van der Waals surface area contributed by atoms with Crippen molar-refractivity contribution in [1.82, 2.24) is 4.57 Å². The van der Waals surface area contributed by atoms with Gasteiger partial charge in [-0.3, -0.25) is 0 Å². The van der Waals surface area contributed by atoms with Crippen LogP contribution in [0.4, 0.5) is 17.1 Å². The third-order valence-electron chi connectivity index (χ3n) is 13.1. The summed E-state index contributed by atoms with van der Waals surface area (Å²) in [4.78, 5) is 2.44. The fraction of sp³-hybridized carbons (Fsp3) is 0. The molecule has 0 unspecified atom stereocenters. The van der Waals surface area contributed by atoms with Crippen molar-refractivity contribution in [2.45, 2.75) is 0 Å². The second kappa shape index (κ2) is 13.7. The zero-order valence-corrected chi connectivity index (χ0v) is 33.8. The zero-order valence-electron chi connectivity index (χ0n) is 33.8. The third kappa shape index (κ3) is 5.30. The minimum atomic E-state index is 1.12. The van der Waals surface area contributed by atoms with E-state index in [-0.39, 0.29) is 0 Å². The van der Waals surface area contributed by atoms with Gasteiger partial charge in [0.25, 0.3) is 0 Å². The Morgan fingerprint density at radius 3 is 1.68 bits per heavy atom. The van der Waals surface area contributed by atoms with E-state index in [1.165, 1.54) is 97.6 Å². The Morgan fingerprint density at radius 2 is 0.855 bits per heavy atom. The standard InChI is InChI=1S/C60H38N2/c1-2-13-39(14-3-1)41-25-29-45(30-26-41)62-58-23-11-10-22-52(58)60-53-38-56-51-33-32-47(37-55(51)50-21-9-8-20-49(50)54(56)36-44(53)28-34-59(60)62)61(46-31-27-40-15-4-5-17-43(40)35-46)57-24-12-18-42-16-6-7-19-48(42)57/h1-38H. The van der Waals surface area contributed by atoms with E-state index in [4.69, 9.17) is 0 Å². The van der Waals surface area contributed by atoms with Crippen LogP contribution in [0.2, 0.25) is 0 Å². The maximum absolute atomic E-state index is 2.47. The molecule has 0 aliphatic carbocycles. The van der Waals surface area contributed by atoms with Crippen LogP contribution in [0.1, 0.15) is 0 Å². The molecule has 0 bridgehead atoms. The molecule has 0 saturated carbocycles. The molecule has 13 aromatic rings. The van der Waals surface area contributed by atoms with Crippen molar-refractivity contribution >= 4 is 104 Å². The molecule has 288 valence electrons. The summed E-state index contributed by atoms with van der Waals surface area (Å²) >= 11 is 0. The fourth-order valence-corrected chi connectivity index (χ4v) is 10.2. The lowest BCUT2D eigenvalue weighted by molar-refractivity contribution is 1.18. The Kier molecular flexibility index (Phi) is 7.64. The molecule has 0 N–H and O–H groups in total. The summed E-state index contributed by atoms with van der Waals surface area (Å²) in [5, 5.41) is 17.5. The van der Waals surface area contributed by atoms with Crippen LogP contribution in [0, 0.1) is 0 Å². The maximum atomic E-state index is 2.47. The number of para-hydroxylation sites is 1. The summed E-state index contributed by atoms with van der Waals surface area (Å²) in [6.07, 6.45) is 0. The lowest BCUT2D eigenvalue weighted by Crippen LogP contribution is -2.10. The first-order valence-electron chi connectivity index (χ1n) is 21.4. The van der Waals surface area contributed by atoms with E-state index in [9.17, 15) is 0 Å². The van der Waals surface area contributed by atoms with Crippen molar-refractivity contribution in [3.05, 3.63) is 231 Å². The average Bonchev–Trinajstić information content (AvgIpc) is 3.69. The summed E-state index contributed by atoms with van der Waals surface area (Å²) < 4.78 is 2.43. The number of rotatable bonds is 5. The molecule has 0 spiro atoms. The van der Waals surface area contributed by atoms with E-state index in [1.54, 1.807) is 0 Å². The molecule has 1 aromatic heterocycles. The number of anilines is 3. The molecular formula is C60H38N2. The van der Waals surface area contributed by atoms with Crippen LogP contribution in [0.15, 0.2) is 231 Å². The van der Waals surface area contributed by atoms with Gasteiger partial charge in [-0.15, -0.1) is 0 Å². The highest BCUT2D eigenvalue weighted by Gasteiger charge is 2.20. The predicted molar refractivity (Wildman–Crippen MR) is 266 cm³/mol. The Morgan fingerprint density at radius 1 is 0.274 bits per heavy atom. The molecule has 2 nitrogen and oxygen atoms in total. The first-order chi connectivity index (χ1) is 30.7. The van der Waals surface area contributed by atoms with Crippen molar-refractivity contribution in [1.29, 1.82) is 0 Å². The first kappa shape index (κ1) is 34.6. The van der Waals surface area contributed by atoms with Gasteiger partial charge in [0.2, 0.25) is 0 Å². The molecule has 0 fully saturated rings. The summed E-state index contributed by atoms with van der Waals surface area (Å²) in [5.41, 5.74) is 9.41. The topological polar surface area (TPSA) is 8.17 Å². The van der Waals surface area contributed by atoms with Gasteiger partial charge in [-0.2, -0.15) is 0 Å². The Balaban J connectivity index is 1.06. The second-order valence-electron chi connectivity index (χ2n) is 16.5. The van der Waals surface area contributed by atoms with Crippen molar-refractivity contribution < 1.29 is 0 Å². The van der Waals surface area contributed by atoms with Crippen molar-refractivity contribution in [2.75, 3.05) is 4.90 Å². The SMILES string of the molecule is c1ccc(-c2ccc(-n3c4ccccc4c4c5cc6c7ccc(N(c8ccc9ccccc9c8)c8cccc9ccccc89)cc7c7ccccc7c6cc5ccc43)cc2)cc1. The van der Waals surface area contributed by atoms with E-state index in [2.05, 4.69) is 240 Å². The molecule has 0 aliphatic rings. The summed E-state index contributed by atoms with van der Waals surface area (Å²) in [6, 6.07) is 84.9. The van der Waals surface area contributed by atoms with E-state index in [0.29, 0.717) is 0 Å². The smallest absolute Gasteiger partial charge is 0.0547 e. The molecule has 0 atom stereocenters. The number of hydrogen-bond acceptors (Lipinski definition) is 1. The monoisotopic (exact) mass is 786 g/mol. The minimum absolute atomic E-state index is 1.12. The highest BCUT2D eigenvalue weighted by atomic mass is 15.1. The van der Waals surface area contributed by atoms with Gasteiger partial charge in [0.1, 0.15) is 0 Å². The predicted octanol–water partition coefficient (Wildman–Crippen LogP) is 16.8. The van der Waals surface area contributed by atoms with Crippen LogP contribution in [0.5, 0.6) is 0 Å². The van der Waals surface area contributed by atoms with Gasteiger partial charge in [0.15, 0.2) is 0 Å². The molecule has 13 rings (SSSR count). The molecule has 0 saturated heterocycles. The van der Waals surface area contributed by atoms with Gasteiger partial charge >= 0.3 is 0 Å². The quantitative estimate of drug-likeness (QED) is 0.125. The molecule has 0 amide bonds. The van der Waals surface area contributed by atoms with E-state index in [0.717, 1.165) is 22.7 Å². The van der Waals surface area contributed by atoms with Crippen LogP contribution in [0.25, 0.3) is 103 Å². The zero-order chi connectivity index (χ0) is 40.7. The van der Waals surface area contributed by atoms with Crippen molar-refractivity contribution in [3.63, 3.8) is 0 Å². The Bertz CT molecular complexity index is 3910. The van der Waals surface area contributed by atoms with Gasteiger partial charge in [-0.1, -0.05) is 164 Å². The van der Waals surface area contributed by atoms with Gasteiger partial charge in [-0.05, 0) is 137 Å². The summed E-state index contributed by atoms with van der Waals surface area (Å²) in [6.45, 7) is 0. The number of benzene rings is 12. The van der Waals surface area contributed by atoms with Gasteiger partial charge in [0, 0.05) is 33.2 Å². The normalized spacial score (nSPS) is 11.9. The number of fused-ring (bicyclic) bond motifs is 13. The van der Waals surface area contributed by atoms with E-state index >= 15 is 0 Å². The highest BCUT2D eigenvalue weighted by Crippen LogP contribution is 2.45.